The first-order valence-corrected chi connectivity index (χ1v) is 20.2. The Morgan fingerprint density at radius 1 is 0.741 bits per heavy atom. The summed E-state index contributed by atoms with van der Waals surface area (Å²) in [4.78, 5) is 39.3. The molecule has 0 saturated heterocycles. The number of esters is 3. The number of allylic oxidation sites excluding steroid dienone is 5. The fourth-order valence-corrected chi connectivity index (χ4v) is 12.3. The Hall–Kier alpha value is -2.75. The van der Waals surface area contributed by atoms with E-state index in [4.69, 9.17) is 14.2 Å². The van der Waals surface area contributed by atoms with Crippen molar-refractivity contribution in [2.24, 2.45) is 50.2 Å². The second-order valence-corrected chi connectivity index (χ2v) is 19.3. The highest BCUT2D eigenvalue weighted by atomic mass is 16.6. The summed E-state index contributed by atoms with van der Waals surface area (Å²) < 4.78 is 18.2. The number of aliphatic hydroxyl groups is 3. The molecule has 9 nitrogen and oxygen atoms in total. The van der Waals surface area contributed by atoms with E-state index in [1.807, 2.05) is 27.7 Å². The Morgan fingerprint density at radius 2 is 1.30 bits per heavy atom. The molecule has 0 heterocycles. The number of hydrogen-bond donors (Lipinski definition) is 3. The third-order valence-electron chi connectivity index (χ3n) is 16.4. The molecule has 0 amide bonds. The van der Waals surface area contributed by atoms with E-state index in [0.717, 1.165) is 25.7 Å². The first kappa shape index (κ1) is 42.4. The van der Waals surface area contributed by atoms with Crippen LogP contribution < -0.4 is 0 Å². The summed E-state index contributed by atoms with van der Waals surface area (Å²) >= 11 is 0. The molecule has 12 atom stereocenters. The second kappa shape index (κ2) is 14.6. The summed E-state index contributed by atoms with van der Waals surface area (Å²) in [5.74, 6) is -1.27. The SMILES string of the molecule is CC=C(C)C(=O)OC[C@@]12C(CC(C)(C)[C@@H](O)[C@@H]1O)C1=CCC3[C@@]4(C)CC[C@H](OC(=O)C(C)=CC)[C@](C)(COC(=O)C(C)=CC)C4CC[C@@]3(C)[C@]1(C)C[C@H]2O. The standard InChI is InChI=1S/C45H68O9/c1-13-26(4)37(49)52-24-42(10)31-18-21-43(11)32(41(31,9)20-19-34(42)54-39(51)28(6)15-3)17-16-29-30-22-40(7,8)35(47)36(48)45(30,33(46)23-44(29,43)12)25-53-38(50)27(5)14-2/h13-16,30-36,46-48H,17-25H2,1-12H3/t30?,31?,32?,33-,34+,35+,36+,41+,42-,43-,44-,45+/m1/s1. The molecule has 54 heavy (non-hydrogen) atoms. The highest BCUT2D eigenvalue weighted by Gasteiger charge is 2.73. The van der Waals surface area contributed by atoms with Crippen molar-refractivity contribution in [3.8, 4) is 0 Å². The summed E-state index contributed by atoms with van der Waals surface area (Å²) in [7, 11) is 0. The van der Waals surface area contributed by atoms with Crippen molar-refractivity contribution >= 4 is 17.9 Å². The van der Waals surface area contributed by atoms with E-state index in [0.29, 0.717) is 36.0 Å². The van der Waals surface area contributed by atoms with Crippen LogP contribution in [0.2, 0.25) is 0 Å². The highest BCUT2D eigenvalue weighted by molar-refractivity contribution is 5.88. The number of aliphatic hydroxyl groups excluding tert-OH is 3. The number of carbonyl (C=O) groups is 3. The third kappa shape index (κ3) is 6.27. The largest absolute Gasteiger partial charge is 0.462 e. The van der Waals surface area contributed by atoms with Gasteiger partial charge in [-0.05, 0) is 126 Å². The van der Waals surface area contributed by atoms with Gasteiger partial charge in [-0.2, -0.15) is 0 Å². The maximum atomic E-state index is 13.2. The number of fused-ring (bicyclic) bond motifs is 7. The van der Waals surface area contributed by atoms with Gasteiger partial charge in [-0.15, -0.1) is 0 Å². The molecule has 0 radical (unpaired) electrons. The van der Waals surface area contributed by atoms with Crippen LogP contribution in [-0.2, 0) is 28.6 Å². The maximum absolute atomic E-state index is 13.2. The Labute approximate surface area is 323 Å². The Bertz CT molecular complexity index is 1640. The molecule has 5 aliphatic carbocycles. The molecule has 3 unspecified atom stereocenters. The molecule has 9 heteroatoms. The number of carbonyl (C=O) groups excluding carboxylic acids is 3. The quantitative estimate of drug-likeness (QED) is 0.0991. The zero-order valence-electron chi connectivity index (χ0n) is 35.0. The van der Waals surface area contributed by atoms with Crippen LogP contribution in [0.4, 0.5) is 0 Å². The van der Waals surface area contributed by atoms with Crippen molar-refractivity contribution in [2.45, 2.75) is 152 Å². The summed E-state index contributed by atoms with van der Waals surface area (Å²) in [6.07, 6.45) is 8.44. The Morgan fingerprint density at radius 3 is 1.87 bits per heavy atom. The number of ether oxygens (including phenoxy) is 3. The monoisotopic (exact) mass is 752 g/mol. The van der Waals surface area contributed by atoms with Crippen molar-refractivity contribution < 1.29 is 43.9 Å². The van der Waals surface area contributed by atoms with Gasteiger partial charge in [-0.1, -0.05) is 71.4 Å². The predicted octanol–water partition coefficient (Wildman–Crippen LogP) is 7.58. The van der Waals surface area contributed by atoms with Crippen LogP contribution in [0.3, 0.4) is 0 Å². The molecule has 0 aromatic carbocycles. The lowest BCUT2D eigenvalue weighted by Crippen LogP contribution is -2.72. The van der Waals surface area contributed by atoms with Crippen LogP contribution in [0.5, 0.6) is 0 Å². The zero-order chi connectivity index (χ0) is 40.4. The zero-order valence-corrected chi connectivity index (χ0v) is 35.0. The fourth-order valence-electron chi connectivity index (χ4n) is 12.3. The van der Waals surface area contributed by atoms with Gasteiger partial charge in [0.15, 0.2) is 0 Å². The molecule has 0 spiro atoms. The molecule has 0 aromatic heterocycles. The smallest absolute Gasteiger partial charge is 0.333 e. The van der Waals surface area contributed by atoms with Gasteiger partial charge in [0.2, 0.25) is 0 Å². The molecule has 0 aromatic rings. The minimum atomic E-state index is -1.30. The van der Waals surface area contributed by atoms with E-state index >= 15 is 0 Å². The molecule has 4 fully saturated rings. The van der Waals surface area contributed by atoms with Crippen molar-refractivity contribution in [3.63, 3.8) is 0 Å². The molecular weight excluding hydrogens is 684 g/mol. The van der Waals surface area contributed by atoms with Gasteiger partial charge in [-0.25, -0.2) is 14.4 Å². The first-order valence-electron chi connectivity index (χ1n) is 20.2. The minimum Gasteiger partial charge on any atom is -0.462 e. The lowest BCUT2D eigenvalue weighted by Gasteiger charge is -2.72. The van der Waals surface area contributed by atoms with E-state index in [-0.39, 0.29) is 53.7 Å². The van der Waals surface area contributed by atoms with Gasteiger partial charge in [0.25, 0.3) is 0 Å². The van der Waals surface area contributed by atoms with E-state index in [2.05, 4.69) is 33.8 Å². The second-order valence-electron chi connectivity index (χ2n) is 19.3. The summed E-state index contributed by atoms with van der Waals surface area (Å²) in [5, 5.41) is 36.0. The van der Waals surface area contributed by atoms with Gasteiger partial charge in [-0.3, -0.25) is 0 Å². The van der Waals surface area contributed by atoms with Gasteiger partial charge in [0, 0.05) is 22.1 Å². The molecule has 3 N–H and O–H groups in total. The molecule has 0 aliphatic heterocycles. The Balaban J connectivity index is 1.58. The van der Waals surface area contributed by atoms with E-state index in [1.54, 1.807) is 45.9 Å². The van der Waals surface area contributed by atoms with E-state index in [1.165, 1.54) is 5.57 Å². The van der Waals surface area contributed by atoms with Crippen LogP contribution in [0, 0.1) is 50.2 Å². The Kier molecular flexibility index (Phi) is 11.5. The van der Waals surface area contributed by atoms with Gasteiger partial charge < -0.3 is 29.5 Å². The minimum absolute atomic E-state index is 0.0743. The van der Waals surface area contributed by atoms with Gasteiger partial charge >= 0.3 is 17.9 Å². The fraction of sp³-hybridized carbons (Fsp3) is 0.756. The maximum Gasteiger partial charge on any atom is 0.333 e. The molecule has 4 saturated carbocycles. The first-order chi connectivity index (χ1) is 25.0. The van der Waals surface area contributed by atoms with E-state index in [9.17, 15) is 29.7 Å². The van der Waals surface area contributed by atoms with Crippen LogP contribution in [0.25, 0.3) is 0 Å². The average Bonchev–Trinajstić information content (AvgIpc) is 3.12. The van der Waals surface area contributed by atoms with Gasteiger partial charge in [0.1, 0.15) is 19.3 Å². The number of hydrogen-bond acceptors (Lipinski definition) is 9. The molecule has 5 aliphatic rings. The average molecular weight is 753 g/mol. The predicted molar refractivity (Wildman–Crippen MR) is 208 cm³/mol. The molecule has 302 valence electrons. The van der Waals surface area contributed by atoms with Crippen molar-refractivity contribution in [2.75, 3.05) is 13.2 Å². The van der Waals surface area contributed by atoms with Crippen molar-refractivity contribution in [1.29, 1.82) is 0 Å². The van der Waals surface area contributed by atoms with Crippen LogP contribution in [-0.4, -0.2) is 70.9 Å². The van der Waals surface area contributed by atoms with Crippen LogP contribution in [0.15, 0.2) is 46.6 Å². The van der Waals surface area contributed by atoms with Crippen molar-refractivity contribution in [3.05, 3.63) is 46.6 Å². The molecule has 5 rings (SSSR count). The topological polar surface area (TPSA) is 140 Å². The highest BCUT2D eigenvalue weighted by Crippen LogP contribution is 2.76. The summed E-state index contributed by atoms with van der Waals surface area (Å²) in [5.41, 5.74) is -0.784. The molecular formula is C45H68O9. The van der Waals surface area contributed by atoms with Crippen molar-refractivity contribution in [1.82, 2.24) is 0 Å². The summed E-state index contributed by atoms with van der Waals surface area (Å²) in [6, 6.07) is 0. The van der Waals surface area contributed by atoms with E-state index < -0.39 is 52.0 Å². The molecule has 0 bridgehead atoms. The van der Waals surface area contributed by atoms with Crippen LogP contribution in [0.1, 0.15) is 128 Å². The summed E-state index contributed by atoms with van der Waals surface area (Å²) in [6.45, 7) is 23.7. The lowest BCUT2D eigenvalue weighted by atomic mass is 9.33. The van der Waals surface area contributed by atoms with Crippen LogP contribution >= 0.6 is 0 Å². The van der Waals surface area contributed by atoms with Gasteiger partial charge in [0.05, 0.1) is 23.7 Å². The number of rotatable bonds is 8. The normalized spacial score (nSPS) is 43.4. The lowest BCUT2D eigenvalue weighted by molar-refractivity contribution is -0.261. The third-order valence-corrected chi connectivity index (χ3v) is 16.4.